The minimum atomic E-state index is -3.73. The van der Waals surface area contributed by atoms with E-state index in [0.717, 1.165) is 11.1 Å². The van der Waals surface area contributed by atoms with Crippen LogP contribution in [-0.4, -0.2) is 20.9 Å². The standard InChI is InChI=1S/C25H21NO6S/c1-17-14-21(31-23(27)12-13-26-33(29,30)19-10-6-3-7-11-19)25-20(18-8-4-2-5-9-18)16-24(28)32-22(25)15-17/h2-11,14-16,26H,12-13H2,1H3. The van der Waals surface area contributed by atoms with Gasteiger partial charge in [0.05, 0.1) is 16.7 Å². The molecule has 0 fully saturated rings. The van der Waals surface area contributed by atoms with Crippen molar-refractivity contribution in [3.05, 3.63) is 94.8 Å². The molecule has 33 heavy (non-hydrogen) atoms. The number of benzene rings is 3. The van der Waals surface area contributed by atoms with Crippen molar-refractivity contribution in [2.24, 2.45) is 0 Å². The van der Waals surface area contributed by atoms with E-state index in [1.54, 1.807) is 37.3 Å². The topological polar surface area (TPSA) is 103 Å². The average Bonchev–Trinajstić information content (AvgIpc) is 2.79. The zero-order valence-electron chi connectivity index (χ0n) is 17.8. The van der Waals surface area contributed by atoms with Gasteiger partial charge in [0, 0.05) is 18.2 Å². The van der Waals surface area contributed by atoms with Crippen molar-refractivity contribution in [2.45, 2.75) is 18.2 Å². The highest BCUT2D eigenvalue weighted by Gasteiger charge is 2.18. The van der Waals surface area contributed by atoms with E-state index in [1.807, 2.05) is 30.3 Å². The Balaban J connectivity index is 1.58. The van der Waals surface area contributed by atoms with Crippen LogP contribution >= 0.6 is 0 Å². The summed E-state index contributed by atoms with van der Waals surface area (Å²) in [4.78, 5) is 24.8. The largest absolute Gasteiger partial charge is 0.426 e. The van der Waals surface area contributed by atoms with Crippen molar-refractivity contribution < 1.29 is 22.4 Å². The predicted octanol–water partition coefficient (Wildman–Crippen LogP) is 4.04. The molecular formula is C25H21NO6S. The predicted molar refractivity (Wildman–Crippen MR) is 125 cm³/mol. The van der Waals surface area contributed by atoms with Crippen molar-refractivity contribution in [1.29, 1.82) is 0 Å². The molecule has 0 bridgehead atoms. The van der Waals surface area contributed by atoms with Crippen LogP contribution in [0.15, 0.2) is 93.0 Å². The molecule has 1 heterocycles. The third-order valence-electron chi connectivity index (χ3n) is 4.94. The lowest BCUT2D eigenvalue weighted by atomic mass is 10.0. The number of hydrogen-bond donors (Lipinski definition) is 1. The SMILES string of the molecule is Cc1cc(OC(=O)CCNS(=O)(=O)c2ccccc2)c2c(-c3ccccc3)cc(=O)oc2c1. The van der Waals surface area contributed by atoms with Crippen LogP contribution in [0, 0.1) is 6.92 Å². The first kappa shape index (κ1) is 22.4. The van der Waals surface area contributed by atoms with E-state index in [1.165, 1.54) is 18.2 Å². The summed E-state index contributed by atoms with van der Waals surface area (Å²) in [6, 6.07) is 21.9. The normalized spacial score (nSPS) is 11.4. The summed E-state index contributed by atoms with van der Waals surface area (Å²) in [5.74, 6) is -0.383. The third kappa shape index (κ3) is 5.19. The minimum absolute atomic E-state index is 0.116. The van der Waals surface area contributed by atoms with Crippen molar-refractivity contribution >= 4 is 27.0 Å². The van der Waals surface area contributed by atoms with Crippen molar-refractivity contribution in [3.63, 3.8) is 0 Å². The number of ether oxygens (including phenoxy) is 1. The summed E-state index contributed by atoms with van der Waals surface area (Å²) >= 11 is 0. The zero-order valence-corrected chi connectivity index (χ0v) is 18.6. The van der Waals surface area contributed by atoms with Gasteiger partial charge in [0.25, 0.3) is 0 Å². The molecule has 0 saturated heterocycles. The highest BCUT2D eigenvalue weighted by molar-refractivity contribution is 7.89. The number of carbonyl (C=O) groups is 1. The molecule has 0 atom stereocenters. The number of aryl methyl sites for hydroxylation is 1. The summed E-state index contributed by atoms with van der Waals surface area (Å²) in [6.07, 6.45) is -0.182. The number of fused-ring (bicyclic) bond motifs is 1. The molecule has 1 N–H and O–H groups in total. The van der Waals surface area contributed by atoms with Gasteiger partial charge in [0.15, 0.2) is 0 Å². The van der Waals surface area contributed by atoms with Crippen LogP contribution in [0.2, 0.25) is 0 Å². The smallest absolute Gasteiger partial charge is 0.336 e. The van der Waals surface area contributed by atoms with Gasteiger partial charge in [-0.2, -0.15) is 0 Å². The molecule has 168 valence electrons. The average molecular weight is 464 g/mol. The first-order valence-corrected chi connectivity index (χ1v) is 11.7. The molecule has 4 aromatic rings. The van der Waals surface area contributed by atoms with E-state index in [-0.39, 0.29) is 23.6 Å². The zero-order chi connectivity index (χ0) is 23.4. The number of hydrogen-bond acceptors (Lipinski definition) is 6. The molecular weight excluding hydrogens is 442 g/mol. The van der Waals surface area contributed by atoms with Gasteiger partial charge >= 0.3 is 11.6 Å². The Bertz CT molecular complexity index is 1460. The van der Waals surface area contributed by atoms with Crippen molar-refractivity contribution in [1.82, 2.24) is 4.72 Å². The lowest BCUT2D eigenvalue weighted by Crippen LogP contribution is -2.27. The van der Waals surface area contributed by atoms with Gasteiger partial charge in [-0.25, -0.2) is 17.9 Å². The molecule has 0 spiro atoms. The molecule has 1 aromatic heterocycles. The van der Waals surface area contributed by atoms with Gasteiger partial charge in [-0.05, 0) is 42.3 Å². The Morgan fingerprint density at radius 1 is 0.970 bits per heavy atom. The maximum atomic E-state index is 12.6. The minimum Gasteiger partial charge on any atom is -0.426 e. The number of esters is 1. The van der Waals surface area contributed by atoms with Gasteiger partial charge in [-0.15, -0.1) is 0 Å². The van der Waals surface area contributed by atoms with Gasteiger partial charge in [-0.1, -0.05) is 48.5 Å². The van der Waals surface area contributed by atoms with E-state index in [0.29, 0.717) is 16.5 Å². The van der Waals surface area contributed by atoms with E-state index >= 15 is 0 Å². The number of rotatable bonds is 7. The maximum Gasteiger partial charge on any atom is 0.336 e. The number of nitrogens with one attached hydrogen (secondary N) is 1. The monoisotopic (exact) mass is 463 g/mol. The molecule has 7 nitrogen and oxygen atoms in total. The maximum absolute atomic E-state index is 12.6. The molecule has 3 aromatic carbocycles. The highest BCUT2D eigenvalue weighted by atomic mass is 32.2. The van der Waals surface area contributed by atoms with Crippen LogP contribution in [0.3, 0.4) is 0 Å². The Labute approximate surface area is 190 Å². The molecule has 0 aliphatic rings. The first-order valence-electron chi connectivity index (χ1n) is 10.2. The second-order valence-electron chi connectivity index (χ2n) is 7.42. The van der Waals surface area contributed by atoms with Crippen LogP contribution < -0.4 is 15.1 Å². The Kier molecular flexibility index (Phi) is 6.39. The van der Waals surface area contributed by atoms with E-state index in [2.05, 4.69) is 4.72 Å². The molecule has 0 aliphatic carbocycles. The second kappa shape index (κ2) is 9.40. The summed E-state index contributed by atoms with van der Waals surface area (Å²) in [5, 5.41) is 0.490. The fraction of sp³-hybridized carbons (Fsp3) is 0.120. The summed E-state index contributed by atoms with van der Waals surface area (Å²) < 4.78 is 38.0. The van der Waals surface area contributed by atoms with Crippen LogP contribution in [0.1, 0.15) is 12.0 Å². The van der Waals surface area contributed by atoms with E-state index in [9.17, 15) is 18.0 Å². The van der Waals surface area contributed by atoms with Gasteiger partial charge in [0.1, 0.15) is 11.3 Å². The van der Waals surface area contributed by atoms with E-state index in [4.69, 9.17) is 9.15 Å². The summed E-state index contributed by atoms with van der Waals surface area (Å²) in [6.45, 7) is 1.67. The Morgan fingerprint density at radius 3 is 2.33 bits per heavy atom. The fourth-order valence-corrected chi connectivity index (χ4v) is 4.52. The summed E-state index contributed by atoms with van der Waals surface area (Å²) in [5.41, 5.74) is 1.87. The van der Waals surface area contributed by atoms with E-state index < -0.39 is 21.6 Å². The highest BCUT2D eigenvalue weighted by Crippen LogP contribution is 2.35. The second-order valence-corrected chi connectivity index (χ2v) is 9.18. The van der Waals surface area contributed by atoms with Gasteiger partial charge < -0.3 is 9.15 Å². The van der Waals surface area contributed by atoms with Gasteiger partial charge in [0.2, 0.25) is 10.0 Å². The molecule has 4 rings (SSSR count). The molecule has 0 saturated carbocycles. The molecule has 0 aliphatic heterocycles. The molecule has 0 radical (unpaired) electrons. The quantitative estimate of drug-likeness (QED) is 0.252. The lowest BCUT2D eigenvalue weighted by Gasteiger charge is -2.12. The number of carbonyl (C=O) groups excluding carboxylic acids is 1. The Hall–Kier alpha value is -3.75. The lowest BCUT2D eigenvalue weighted by molar-refractivity contribution is -0.134. The molecule has 8 heteroatoms. The number of sulfonamides is 1. The van der Waals surface area contributed by atoms with Crippen LogP contribution in [0.4, 0.5) is 0 Å². The molecule has 0 unspecified atom stereocenters. The third-order valence-corrected chi connectivity index (χ3v) is 6.41. The first-order chi connectivity index (χ1) is 15.8. The summed E-state index contributed by atoms with van der Waals surface area (Å²) in [7, 11) is -3.73. The Morgan fingerprint density at radius 2 is 1.64 bits per heavy atom. The van der Waals surface area contributed by atoms with Crippen molar-refractivity contribution in [3.8, 4) is 16.9 Å². The molecule has 0 amide bonds. The fourth-order valence-electron chi connectivity index (χ4n) is 3.46. The van der Waals surface area contributed by atoms with Crippen LogP contribution in [-0.2, 0) is 14.8 Å². The van der Waals surface area contributed by atoms with Gasteiger partial charge in [-0.3, -0.25) is 4.79 Å². The van der Waals surface area contributed by atoms with Crippen molar-refractivity contribution in [2.75, 3.05) is 6.54 Å². The van der Waals surface area contributed by atoms with Crippen LogP contribution in [0.5, 0.6) is 5.75 Å². The van der Waals surface area contributed by atoms with Crippen LogP contribution in [0.25, 0.3) is 22.1 Å².